The lowest BCUT2D eigenvalue weighted by molar-refractivity contribution is -0.137. The molecule has 126 valence electrons. The van der Waals surface area contributed by atoms with E-state index in [9.17, 15) is 18.0 Å². The molecule has 3 aromatic rings. The van der Waals surface area contributed by atoms with Crippen molar-refractivity contribution in [3.05, 3.63) is 77.5 Å². The Labute approximate surface area is 141 Å². The number of aromatic nitrogens is 1. The third kappa shape index (κ3) is 3.82. The van der Waals surface area contributed by atoms with Crippen LogP contribution in [0.2, 0.25) is 0 Å². The summed E-state index contributed by atoms with van der Waals surface area (Å²) in [5, 5.41) is 4.74. The Morgan fingerprint density at radius 1 is 1.04 bits per heavy atom. The van der Waals surface area contributed by atoms with Gasteiger partial charge in [-0.15, -0.1) is 0 Å². The molecule has 3 rings (SSSR count). The van der Waals surface area contributed by atoms with E-state index in [1.165, 1.54) is 6.21 Å². The minimum atomic E-state index is -4.43. The van der Waals surface area contributed by atoms with Gasteiger partial charge in [0.1, 0.15) is 0 Å². The Kier molecular flexibility index (Phi) is 4.47. The molecular formula is C18H12F3N3O. The quantitative estimate of drug-likeness (QED) is 0.577. The number of pyridine rings is 1. The van der Waals surface area contributed by atoms with Gasteiger partial charge < -0.3 is 0 Å². The molecule has 0 aliphatic heterocycles. The molecular weight excluding hydrogens is 331 g/mol. The van der Waals surface area contributed by atoms with Crippen LogP contribution in [0, 0.1) is 0 Å². The Morgan fingerprint density at radius 2 is 1.76 bits per heavy atom. The smallest absolute Gasteiger partial charge is 0.267 e. The molecule has 0 saturated carbocycles. The van der Waals surface area contributed by atoms with Gasteiger partial charge in [0.05, 0.1) is 17.3 Å². The first-order valence-electron chi connectivity index (χ1n) is 7.29. The van der Waals surface area contributed by atoms with Crippen molar-refractivity contribution in [3.63, 3.8) is 0 Å². The minimum Gasteiger partial charge on any atom is -0.267 e. The zero-order valence-corrected chi connectivity index (χ0v) is 12.8. The largest absolute Gasteiger partial charge is 0.416 e. The number of nitrogens with zero attached hydrogens (tertiary/aromatic N) is 2. The Morgan fingerprint density at radius 3 is 2.48 bits per heavy atom. The summed E-state index contributed by atoms with van der Waals surface area (Å²) in [5.74, 6) is -0.594. The summed E-state index contributed by atoms with van der Waals surface area (Å²) >= 11 is 0. The molecule has 0 aliphatic carbocycles. The van der Waals surface area contributed by atoms with Crippen LogP contribution >= 0.6 is 0 Å². The van der Waals surface area contributed by atoms with Crippen molar-refractivity contribution < 1.29 is 18.0 Å². The first kappa shape index (κ1) is 16.6. The Bertz CT molecular complexity index is 929. The van der Waals surface area contributed by atoms with Crippen LogP contribution in [-0.2, 0) is 6.18 Å². The van der Waals surface area contributed by atoms with Gasteiger partial charge in [-0.25, -0.2) is 5.43 Å². The van der Waals surface area contributed by atoms with E-state index in [1.54, 1.807) is 12.3 Å². The first-order chi connectivity index (χ1) is 11.9. The van der Waals surface area contributed by atoms with Crippen LogP contribution in [-0.4, -0.2) is 17.1 Å². The second-order valence-corrected chi connectivity index (χ2v) is 5.19. The number of benzene rings is 2. The van der Waals surface area contributed by atoms with Gasteiger partial charge in [-0.3, -0.25) is 9.78 Å². The van der Waals surface area contributed by atoms with Crippen molar-refractivity contribution in [1.82, 2.24) is 10.4 Å². The second-order valence-electron chi connectivity index (χ2n) is 5.19. The molecule has 0 bridgehead atoms. The number of alkyl halides is 3. The average Bonchev–Trinajstić information content (AvgIpc) is 2.61. The fourth-order valence-electron chi connectivity index (χ4n) is 2.27. The van der Waals surface area contributed by atoms with E-state index in [1.807, 2.05) is 24.3 Å². The summed E-state index contributed by atoms with van der Waals surface area (Å²) < 4.78 is 37.5. The number of hydrogen-bond donors (Lipinski definition) is 1. The lowest BCUT2D eigenvalue weighted by Gasteiger charge is -2.06. The standard InChI is InChI=1S/C18H12F3N3O/c19-18(20,21)14-7-5-12(6-8-14)17(25)24-23-11-13-9-10-22-16-4-2-1-3-15(13)16/h1-11H,(H,24,25). The summed E-state index contributed by atoms with van der Waals surface area (Å²) in [6, 6.07) is 13.1. The van der Waals surface area contributed by atoms with Gasteiger partial charge in [0, 0.05) is 22.7 Å². The molecule has 1 aromatic heterocycles. The predicted molar refractivity (Wildman–Crippen MR) is 88.2 cm³/mol. The number of halogens is 3. The molecule has 0 atom stereocenters. The predicted octanol–water partition coefficient (Wildman–Crippen LogP) is 4.02. The van der Waals surface area contributed by atoms with Gasteiger partial charge in [-0.2, -0.15) is 18.3 Å². The summed E-state index contributed by atoms with van der Waals surface area (Å²) in [6.45, 7) is 0. The molecule has 4 nitrogen and oxygen atoms in total. The first-order valence-corrected chi connectivity index (χ1v) is 7.29. The molecule has 1 N–H and O–H groups in total. The maximum absolute atomic E-state index is 12.5. The van der Waals surface area contributed by atoms with Crippen LogP contribution in [0.3, 0.4) is 0 Å². The number of carbonyl (C=O) groups is 1. The van der Waals surface area contributed by atoms with Crippen molar-refractivity contribution in [3.8, 4) is 0 Å². The molecule has 7 heteroatoms. The van der Waals surface area contributed by atoms with Crippen LogP contribution < -0.4 is 5.43 Å². The van der Waals surface area contributed by atoms with E-state index in [2.05, 4.69) is 15.5 Å². The summed E-state index contributed by atoms with van der Waals surface area (Å²) in [5.41, 5.74) is 3.13. The van der Waals surface area contributed by atoms with Crippen molar-refractivity contribution >= 4 is 23.0 Å². The van der Waals surface area contributed by atoms with Crippen LogP contribution in [0.25, 0.3) is 10.9 Å². The van der Waals surface area contributed by atoms with Crippen molar-refractivity contribution in [2.75, 3.05) is 0 Å². The summed E-state index contributed by atoms with van der Waals surface area (Å²) in [7, 11) is 0. The number of fused-ring (bicyclic) bond motifs is 1. The highest BCUT2D eigenvalue weighted by molar-refractivity contribution is 5.99. The van der Waals surface area contributed by atoms with Gasteiger partial charge in [0.2, 0.25) is 0 Å². The van der Waals surface area contributed by atoms with Gasteiger partial charge in [0.25, 0.3) is 5.91 Å². The summed E-state index contributed by atoms with van der Waals surface area (Å²) in [4.78, 5) is 16.2. The zero-order chi connectivity index (χ0) is 17.9. The van der Waals surface area contributed by atoms with Gasteiger partial charge in [-0.1, -0.05) is 18.2 Å². The fourth-order valence-corrected chi connectivity index (χ4v) is 2.27. The lowest BCUT2D eigenvalue weighted by atomic mass is 10.1. The van der Waals surface area contributed by atoms with Crippen LogP contribution in [0.5, 0.6) is 0 Å². The molecule has 0 saturated heterocycles. The van der Waals surface area contributed by atoms with E-state index < -0.39 is 17.6 Å². The molecule has 0 radical (unpaired) electrons. The molecule has 0 spiro atoms. The van der Waals surface area contributed by atoms with Crippen molar-refractivity contribution in [1.29, 1.82) is 0 Å². The fraction of sp³-hybridized carbons (Fsp3) is 0.0556. The van der Waals surface area contributed by atoms with E-state index >= 15 is 0 Å². The van der Waals surface area contributed by atoms with Crippen LogP contribution in [0.4, 0.5) is 13.2 Å². The molecule has 0 fully saturated rings. The monoisotopic (exact) mass is 343 g/mol. The average molecular weight is 343 g/mol. The second kappa shape index (κ2) is 6.72. The maximum atomic E-state index is 12.5. The number of nitrogens with one attached hydrogen (secondary N) is 1. The van der Waals surface area contributed by atoms with Gasteiger partial charge in [0.15, 0.2) is 0 Å². The molecule has 0 aliphatic rings. The number of rotatable bonds is 3. The maximum Gasteiger partial charge on any atom is 0.416 e. The molecule has 1 amide bonds. The lowest BCUT2D eigenvalue weighted by Crippen LogP contribution is -2.18. The third-order valence-corrected chi connectivity index (χ3v) is 3.53. The number of amides is 1. The van der Waals surface area contributed by atoms with E-state index in [0.29, 0.717) is 0 Å². The van der Waals surface area contributed by atoms with Crippen LogP contribution in [0.15, 0.2) is 65.9 Å². The van der Waals surface area contributed by atoms with E-state index in [4.69, 9.17) is 0 Å². The Hall–Kier alpha value is -3.22. The van der Waals surface area contributed by atoms with Crippen molar-refractivity contribution in [2.45, 2.75) is 6.18 Å². The number of hydrogen-bond acceptors (Lipinski definition) is 3. The minimum absolute atomic E-state index is 0.0877. The highest BCUT2D eigenvalue weighted by atomic mass is 19.4. The topological polar surface area (TPSA) is 54.4 Å². The van der Waals surface area contributed by atoms with Crippen molar-refractivity contribution in [2.24, 2.45) is 5.10 Å². The molecule has 1 heterocycles. The highest BCUT2D eigenvalue weighted by Gasteiger charge is 2.30. The normalized spacial score (nSPS) is 11.8. The summed E-state index contributed by atoms with van der Waals surface area (Å²) in [6.07, 6.45) is -1.34. The number of para-hydroxylation sites is 1. The number of hydrazone groups is 1. The van der Waals surface area contributed by atoms with Gasteiger partial charge >= 0.3 is 6.18 Å². The number of carbonyl (C=O) groups excluding carboxylic acids is 1. The molecule has 0 unspecified atom stereocenters. The van der Waals surface area contributed by atoms with E-state index in [-0.39, 0.29) is 5.56 Å². The molecule has 2 aromatic carbocycles. The van der Waals surface area contributed by atoms with Gasteiger partial charge in [-0.05, 0) is 36.4 Å². The highest BCUT2D eigenvalue weighted by Crippen LogP contribution is 2.29. The SMILES string of the molecule is O=C(NN=Cc1ccnc2ccccc12)c1ccc(C(F)(F)F)cc1. The van der Waals surface area contributed by atoms with Crippen LogP contribution in [0.1, 0.15) is 21.5 Å². The zero-order valence-electron chi connectivity index (χ0n) is 12.8. The third-order valence-electron chi connectivity index (χ3n) is 3.53. The molecule has 25 heavy (non-hydrogen) atoms. The Balaban J connectivity index is 1.72. The van der Waals surface area contributed by atoms with E-state index in [0.717, 1.165) is 40.7 Å².